The highest BCUT2D eigenvalue weighted by atomic mass is 35.5. The minimum Gasteiger partial charge on any atom is -0.352 e. The van der Waals surface area contributed by atoms with Crippen molar-refractivity contribution in [3.8, 4) is 0 Å². The summed E-state index contributed by atoms with van der Waals surface area (Å²) >= 11 is 8.12. The number of nitrogens with zero attached hydrogens (tertiary/aromatic N) is 2. The number of hydrogen-bond donors (Lipinski definition) is 1. The molecule has 0 unspecified atom stereocenters. The Morgan fingerprint density at radius 3 is 3.05 bits per heavy atom. The summed E-state index contributed by atoms with van der Waals surface area (Å²) in [5, 5.41) is 6.30. The zero-order chi connectivity index (χ0) is 14.8. The molecular formula is C16H20ClN3S. The third-order valence-corrected chi connectivity index (χ3v) is 5.08. The van der Waals surface area contributed by atoms with E-state index >= 15 is 0 Å². The summed E-state index contributed by atoms with van der Waals surface area (Å²) in [4.78, 5) is 8.61. The Morgan fingerprint density at radius 2 is 2.24 bits per heavy atom. The number of anilines is 1. The molecule has 112 valence electrons. The molecule has 5 heteroatoms. The van der Waals surface area contributed by atoms with Crippen molar-refractivity contribution in [2.45, 2.75) is 39.4 Å². The lowest BCUT2D eigenvalue weighted by atomic mass is 10.1. The molecule has 3 heterocycles. The maximum Gasteiger partial charge on any atom is 0.129 e. The summed E-state index contributed by atoms with van der Waals surface area (Å²) in [5.41, 5.74) is 2.36. The molecule has 1 N–H and O–H groups in total. The van der Waals surface area contributed by atoms with Crippen LogP contribution in [0.5, 0.6) is 0 Å². The van der Waals surface area contributed by atoms with E-state index in [-0.39, 0.29) is 0 Å². The zero-order valence-corrected chi connectivity index (χ0v) is 14.0. The van der Waals surface area contributed by atoms with Crippen LogP contribution in [-0.2, 0) is 19.5 Å². The average molecular weight is 322 g/mol. The quantitative estimate of drug-likeness (QED) is 0.927. The SMILES string of the molecule is CC(C)NCc1nc(N2CCc3sccc3C2)ccc1Cl. The van der Waals surface area contributed by atoms with Gasteiger partial charge in [0.2, 0.25) is 0 Å². The van der Waals surface area contributed by atoms with E-state index in [0.29, 0.717) is 12.6 Å². The summed E-state index contributed by atoms with van der Waals surface area (Å²) in [6.45, 7) is 6.94. The maximum atomic E-state index is 6.26. The summed E-state index contributed by atoms with van der Waals surface area (Å²) in [5.74, 6) is 1.02. The van der Waals surface area contributed by atoms with Crippen molar-refractivity contribution < 1.29 is 0 Å². The summed E-state index contributed by atoms with van der Waals surface area (Å²) in [6, 6.07) is 6.64. The molecule has 3 rings (SSSR count). The van der Waals surface area contributed by atoms with Crippen LogP contribution in [0.25, 0.3) is 0 Å². The fraction of sp³-hybridized carbons (Fsp3) is 0.438. The molecule has 0 aliphatic carbocycles. The number of halogens is 1. The number of hydrogen-bond acceptors (Lipinski definition) is 4. The van der Waals surface area contributed by atoms with Crippen molar-refractivity contribution in [2.24, 2.45) is 0 Å². The number of pyridine rings is 1. The van der Waals surface area contributed by atoms with Crippen LogP contribution in [-0.4, -0.2) is 17.6 Å². The normalized spacial score (nSPS) is 14.6. The Hall–Kier alpha value is -1.10. The van der Waals surface area contributed by atoms with Gasteiger partial charge in [0.1, 0.15) is 5.82 Å². The highest BCUT2D eigenvalue weighted by Crippen LogP contribution is 2.28. The van der Waals surface area contributed by atoms with E-state index in [2.05, 4.69) is 35.5 Å². The Kier molecular flexibility index (Phi) is 4.48. The van der Waals surface area contributed by atoms with E-state index in [0.717, 1.165) is 36.0 Å². The summed E-state index contributed by atoms with van der Waals surface area (Å²) in [7, 11) is 0. The predicted octanol–water partition coefficient (Wildman–Crippen LogP) is 3.86. The molecule has 0 spiro atoms. The Morgan fingerprint density at radius 1 is 1.38 bits per heavy atom. The number of aromatic nitrogens is 1. The maximum absolute atomic E-state index is 6.26. The molecule has 2 aromatic rings. The van der Waals surface area contributed by atoms with Crippen molar-refractivity contribution in [1.29, 1.82) is 0 Å². The third-order valence-electron chi connectivity index (χ3n) is 3.71. The van der Waals surface area contributed by atoms with Gasteiger partial charge in [-0.2, -0.15) is 0 Å². The largest absolute Gasteiger partial charge is 0.352 e. The molecule has 1 aliphatic rings. The van der Waals surface area contributed by atoms with Gasteiger partial charge >= 0.3 is 0 Å². The fourth-order valence-electron chi connectivity index (χ4n) is 2.52. The van der Waals surface area contributed by atoms with Crippen molar-refractivity contribution in [3.63, 3.8) is 0 Å². The van der Waals surface area contributed by atoms with Gasteiger partial charge < -0.3 is 10.2 Å². The van der Waals surface area contributed by atoms with Gasteiger partial charge in [0, 0.05) is 30.6 Å². The molecule has 0 saturated heterocycles. The summed E-state index contributed by atoms with van der Waals surface area (Å²) < 4.78 is 0. The third kappa shape index (κ3) is 3.39. The lowest BCUT2D eigenvalue weighted by Gasteiger charge is -2.28. The first-order valence-corrected chi connectivity index (χ1v) is 8.58. The molecule has 0 saturated carbocycles. The standard InChI is InChI=1S/C16H20ClN3S/c1-11(2)18-9-14-13(17)3-4-16(19-14)20-7-5-15-12(10-20)6-8-21-15/h3-4,6,8,11,18H,5,7,9-10H2,1-2H3. The molecule has 0 amide bonds. The van der Waals surface area contributed by atoms with Gasteiger partial charge in [-0.3, -0.25) is 0 Å². The monoisotopic (exact) mass is 321 g/mol. The second-order valence-electron chi connectivity index (χ2n) is 5.67. The van der Waals surface area contributed by atoms with Crippen LogP contribution in [0.3, 0.4) is 0 Å². The minimum absolute atomic E-state index is 0.426. The Bertz CT molecular complexity index is 624. The van der Waals surface area contributed by atoms with E-state index in [1.54, 1.807) is 0 Å². The van der Waals surface area contributed by atoms with E-state index < -0.39 is 0 Å². The lowest BCUT2D eigenvalue weighted by Crippen LogP contribution is -2.30. The Labute approximate surface area is 135 Å². The lowest BCUT2D eigenvalue weighted by molar-refractivity contribution is 0.580. The van der Waals surface area contributed by atoms with Crippen molar-refractivity contribution >= 4 is 28.8 Å². The first-order valence-electron chi connectivity index (χ1n) is 7.32. The first-order chi connectivity index (χ1) is 10.1. The van der Waals surface area contributed by atoms with Crippen LogP contribution in [0.4, 0.5) is 5.82 Å². The van der Waals surface area contributed by atoms with Crippen molar-refractivity contribution in [2.75, 3.05) is 11.4 Å². The van der Waals surface area contributed by atoms with Crippen molar-refractivity contribution in [1.82, 2.24) is 10.3 Å². The van der Waals surface area contributed by atoms with Gasteiger partial charge in [-0.1, -0.05) is 25.4 Å². The molecule has 1 aliphatic heterocycles. The minimum atomic E-state index is 0.426. The second-order valence-corrected chi connectivity index (χ2v) is 7.08. The molecule has 0 bridgehead atoms. The highest BCUT2D eigenvalue weighted by Gasteiger charge is 2.19. The van der Waals surface area contributed by atoms with Gasteiger partial charge in [0.05, 0.1) is 10.7 Å². The predicted molar refractivity (Wildman–Crippen MR) is 90.3 cm³/mol. The highest BCUT2D eigenvalue weighted by molar-refractivity contribution is 7.10. The molecule has 0 aromatic carbocycles. The van der Waals surface area contributed by atoms with Crippen LogP contribution in [0.2, 0.25) is 5.02 Å². The Balaban J connectivity index is 1.78. The molecule has 0 fully saturated rings. The van der Waals surface area contributed by atoms with Gasteiger partial charge in [0.25, 0.3) is 0 Å². The zero-order valence-electron chi connectivity index (χ0n) is 12.4. The van der Waals surface area contributed by atoms with Crippen LogP contribution >= 0.6 is 22.9 Å². The van der Waals surface area contributed by atoms with Crippen molar-refractivity contribution in [3.05, 3.63) is 44.7 Å². The van der Waals surface area contributed by atoms with Crippen LogP contribution in [0.1, 0.15) is 30.0 Å². The van der Waals surface area contributed by atoms with Gasteiger partial charge in [-0.25, -0.2) is 4.98 Å². The smallest absolute Gasteiger partial charge is 0.129 e. The van der Waals surface area contributed by atoms with E-state index in [9.17, 15) is 0 Å². The average Bonchev–Trinajstić information content (AvgIpc) is 2.93. The van der Waals surface area contributed by atoms with E-state index in [4.69, 9.17) is 16.6 Å². The molecule has 3 nitrogen and oxygen atoms in total. The topological polar surface area (TPSA) is 28.2 Å². The first kappa shape index (κ1) is 14.8. The van der Waals surface area contributed by atoms with E-state index in [1.807, 2.05) is 23.5 Å². The van der Waals surface area contributed by atoms with Gasteiger partial charge in [-0.05, 0) is 35.6 Å². The molecule has 0 atom stereocenters. The van der Waals surface area contributed by atoms with E-state index in [1.165, 1.54) is 10.4 Å². The molecule has 0 radical (unpaired) electrons. The second kappa shape index (κ2) is 6.34. The van der Waals surface area contributed by atoms with Gasteiger partial charge in [-0.15, -0.1) is 11.3 Å². The molecule has 21 heavy (non-hydrogen) atoms. The van der Waals surface area contributed by atoms with Crippen LogP contribution < -0.4 is 10.2 Å². The fourth-order valence-corrected chi connectivity index (χ4v) is 3.58. The van der Waals surface area contributed by atoms with Gasteiger partial charge in [0.15, 0.2) is 0 Å². The number of thiophene rings is 1. The van der Waals surface area contributed by atoms with Crippen LogP contribution in [0, 0.1) is 0 Å². The molecule has 2 aromatic heterocycles. The van der Waals surface area contributed by atoms with Crippen LogP contribution in [0.15, 0.2) is 23.6 Å². The molecular weight excluding hydrogens is 302 g/mol. The summed E-state index contributed by atoms with van der Waals surface area (Å²) in [6.07, 6.45) is 1.11. The number of fused-ring (bicyclic) bond motifs is 1. The number of nitrogens with one attached hydrogen (secondary N) is 1. The number of rotatable bonds is 4.